The monoisotopic (exact) mass is 312 g/mol. The van der Waals surface area contributed by atoms with Crippen LogP contribution in [-0.2, 0) is 12.3 Å². The summed E-state index contributed by atoms with van der Waals surface area (Å²) in [4.78, 5) is 3.28. The van der Waals surface area contributed by atoms with Crippen LogP contribution in [0.3, 0.4) is 0 Å². The third-order valence-corrected chi connectivity index (χ3v) is 4.69. The fraction of sp³-hybridized carbons (Fsp3) is 0.118. The van der Waals surface area contributed by atoms with Gasteiger partial charge in [-0.05, 0) is 17.2 Å². The van der Waals surface area contributed by atoms with Gasteiger partial charge in [-0.25, -0.2) is 0 Å². The minimum atomic E-state index is 0.755. The van der Waals surface area contributed by atoms with Gasteiger partial charge in [0, 0.05) is 29.4 Å². The van der Waals surface area contributed by atoms with Gasteiger partial charge in [0.15, 0.2) is 0 Å². The zero-order chi connectivity index (χ0) is 14.5. The Morgan fingerprint density at radius 2 is 1.81 bits per heavy atom. The summed E-state index contributed by atoms with van der Waals surface area (Å²) >= 11 is 7.06. The van der Waals surface area contributed by atoms with Crippen LogP contribution in [0.1, 0.15) is 11.1 Å². The molecule has 0 saturated heterocycles. The molecule has 0 radical (unpaired) electrons. The van der Waals surface area contributed by atoms with E-state index < -0.39 is 0 Å². The van der Waals surface area contributed by atoms with E-state index in [1.165, 1.54) is 16.5 Å². The lowest BCUT2D eigenvalue weighted by atomic mass is 10.2. The van der Waals surface area contributed by atoms with Crippen LogP contribution in [0, 0.1) is 0 Å². The third-order valence-electron chi connectivity index (χ3n) is 3.31. The summed E-state index contributed by atoms with van der Waals surface area (Å²) in [7, 11) is 0. The lowest BCUT2D eigenvalue weighted by Crippen LogP contribution is -2.17. The maximum Gasteiger partial charge on any atom is 0.134 e. The van der Waals surface area contributed by atoms with Crippen LogP contribution in [0.15, 0.2) is 60.8 Å². The fourth-order valence-corrected chi connectivity index (χ4v) is 3.13. The second-order valence-corrected chi connectivity index (χ2v) is 6.43. The van der Waals surface area contributed by atoms with E-state index in [0.29, 0.717) is 0 Å². The number of nitrogens with one attached hydrogen (secondary N) is 2. The third kappa shape index (κ3) is 3.65. The van der Waals surface area contributed by atoms with Crippen LogP contribution >= 0.6 is 24.0 Å². The van der Waals surface area contributed by atoms with Crippen molar-refractivity contribution in [2.45, 2.75) is 12.3 Å². The van der Waals surface area contributed by atoms with Crippen LogP contribution in [0.4, 0.5) is 0 Å². The van der Waals surface area contributed by atoms with E-state index >= 15 is 0 Å². The van der Waals surface area contributed by atoms with Gasteiger partial charge in [0.2, 0.25) is 0 Å². The molecule has 0 spiro atoms. The second-order valence-electron chi connectivity index (χ2n) is 4.77. The number of benzene rings is 2. The SMILES string of the molecule is S=C(NCc1c[nH]c2ccccc12)SCc1ccccc1. The van der Waals surface area contributed by atoms with Crippen molar-refractivity contribution in [3.8, 4) is 0 Å². The molecule has 0 aliphatic heterocycles. The summed E-state index contributed by atoms with van der Waals surface area (Å²) in [6, 6.07) is 18.7. The highest BCUT2D eigenvalue weighted by molar-refractivity contribution is 8.22. The zero-order valence-electron chi connectivity index (χ0n) is 11.5. The summed E-state index contributed by atoms with van der Waals surface area (Å²) < 4.78 is 0.837. The first-order valence-corrected chi connectivity index (χ1v) is 8.22. The Labute approximate surface area is 134 Å². The van der Waals surface area contributed by atoms with Gasteiger partial charge in [0.25, 0.3) is 0 Å². The molecule has 1 aromatic heterocycles. The molecule has 0 unspecified atom stereocenters. The molecule has 21 heavy (non-hydrogen) atoms. The molecule has 2 N–H and O–H groups in total. The van der Waals surface area contributed by atoms with Gasteiger partial charge in [-0.1, -0.05) is 72.5 Å². The molecule has 1 heterocycles. The minimum absolute atomic E-state index is 0.755. The molecule has 3 rings (SSSR count). The Hall–Kier alpha value is -1.78. The van der Waals surface area contributed by atoms with Crippen LogP contribution < -0.4 is 5.32 Å². The van der Waals surface area contributed by atoms with E-state index in [1.807, 2.05) is 18.3 Å². The first-order valence-electron chi connectivity index (χ1n) is 6.82. The van der Waals surface area contributed by atoms with Crippen LogP contribution in [0.2, 0.25) is 0 Å². The number of hydrogen-bond donors (Lipinski definition) is 2. The van der Waals surface area contributed by atoms with Crippen molar-refractivity contribution in [2.24, 2.45) is 0 Å². The predicted molar refractivity (Wildman–Crippen MR) is 95.5 cm³/mol. The molecule has 0 atom stereocenters. The number of hydrogen-bond acceptors (Lipinski definition) is 2. The zero-order valence-corrected chi connectivity index (χ0v) is 13.1. The topological polar surface area (TPSA) is 27.8 Å². The van der Waals surface area contributed by atoms with Gasteiger partial charge in [0.05, 0.1) is 0 Å². The summed E-state index contributed by atoms with van der Waals surface area (Å²) in [6.45, 7) is 0.755. The predicted octanol–water partition coefficient (Wildman–Crippen LogP) is 4.48. The van der Waals surface area contributed by atoms with E-state index in [-0.39, 0.29) is 0 Å². The normalized spacial score (nSPS) is 10.7. The average molecular weight is 312 g/mol. The van der Waals surface area contributed by atoms with E-state index in [2.05, 4.69) is 52.8 Å². The molecule has 0 bridgehead atoms. The lowest BCUT2D eigenvalue weighted by Gasteiger charge is -2.07. The number of H-pyrrole nitrogens is 1. The standard InChI is InChI=1S/C17H16N2S2/c20-17(21-12-13-6-2-1-3-7-13)19-11-14-10-18-16-9-5-4-8-15(14)16/h1-10,18H,11-12H2,(H,19,20). The van der Waals surface area contributed by atoms with Gasteiger partial charge in [-0.15, -0.1) is 0 Å². The summed E-state index contributed by atoms with van der Waals surface area (Å²) in [5, 5.41) is 4.57. The summed E-state index contributed by atoms with van der Waals surface area (Å²) in [5.41, 5.74) is 3.70. The van der Waals surface area contributed by atoms with E-state index in [1.54, 1.807) is 11.8 Å². The Bertz CT molecular complexity index is 735. The molecule has 0 saturated carbocycles. The first-order chi connectivity index (χ1) is 10.3. The second kappa shape index (κ2) is 6.78. The maximum atomic E-state index is 5.39. The number of fused-ring (bicyclic) bond motifs is 1. The number of rotatable bonds is 4. The number of aromatic nitrogens is 1. The Balaban J connectivity index is 1.54. The first kappa shape index (κ1) is 14.2. The lowest BCUT2D eigenvalue weighted by molar-refractivity contribution is 0.948. The number of thioether (sulfide) groups is 1. The van der Waals surface area contributed by atoms with Crippen molar-refractivity contribution in [3.63, 3.8) is 0 Å². The molecule has 0 aliphatic carbocycles. The molecular formula is C17H16N2S2. The maximum absolute atomic E-state index is 5.39. The van der Waals surface area contributed by atoms with E-state index in [4.69, 9.17) is 12.2 Å². The van der Waals surface area contributed by atoms with Gasteiger partial charge in [0.1, 0.15) is 4.32 Å². The fourth-order valence-electron chi connectivity index (χ4n) is 2.22. The van der Waals surface area contributed by atoms with Crippen LogP contribution in [-0.4, -0.2) is 9.30 Å². The Morgan fingerprint density at radius 3 is 2.67 bits per heavy atom. The smallest absolute Gasteiger partial charge is 0.134 e. The van der Waals surface area contributed by atoms with Crippen molar-refractivity contribution in [2.75, 3.05) is 0 Å². The molecular weight excluding hydrogens is 296 g/mol. The molecule has 2 nitrogen and oxygen atoms in total. The van der Waals surface area contributed by atoms with Crippen molar-refractivity contribution in [3.05, 3.63) is 71.9 Å². The number of aromatic amines is 1. The minimum Gasteiger partial charge on any atom is -0.367 e. The quantitative estimate of drug-likeness (QED) is 0.696. The average Bonchev–Trinajstić information content (AvgIpc) is 2.95. The highest BCUT2D eigenvalue weighted by Crippen LogP contribution is 2.18. The molecule has 4 heteroatoms. The molecule has 106 valence electrons. The number of thiocarbonyl (C=S) groups is 1. The van der Waals surface area contributed by atoms with Gasteiger partial charge in [-0.2, -0.15) is 0 Å². The van der Waals surface area contributed by atoms with Crippen LogP contribution in [0.5, 0.6) is 0 Å². The molecule has 0 fully saturated rings. The number of para-hydroxylation sites is 1. The highest BCUT2D eigenvalue weighted by Gasteiger charge is 2.04. The van der Waals surface area contributed by atoms with Crippen molar-refractivity contribution in [1.82, 2.24) is 10.3 Å². The summed E-state index contributed by atoms with van der Waals surface area (Å²) in [5.74, 6) is 0.903. The van der Waals surface area contributed by atoms with E-state index in [9.17, 15) is 0 Å². The Morgan fingerprint density at radius 1 is 1.05 bits per heavy atom. The van der Waals surface area contributed by atoms with E-state index in [0.717, 1.165) is 22.1 Å². The molecule has 0 aliphatic rings. The molecule has 3 aromatic rings. The van der Waals surface area contributed by atoms with Crippen molar-refractivity contribution in [1.29, 1.82) is 0 Å². The largest absolute Gasteiger partial charge is 0.367 e. The van der Waals surface area contributed by atoms with Gasteiger partial charge < -0.3 is 10.3 Å². The van der Waals surface area contributed by atoms with Gasteiger partial charge in [-0.3, -0.25) is 0 Å². The van der Waals surface area contributed by atoms with Crippen molar-refractivity contribution >= 4 is 39.2 Å². The highest BCUT2D eigenvalue weighted by atomic mass is 32.2. The molecule has 0 amide bonds. The van der Waals surface area contributed by atoms with Crippen LogP contribution in [0.25, 0.3) is 10.9 Å². The van der Waals surface area contributed by atoms with Gasteiger partial charge >= 0.3 is 0 Å². The molecule has 2 aromatic carbocycles. The van der Waals surface area contributed by atoms with Crippen molar-refractivity contribution < 1.29 is 0 Å². The Kier molecular flexibility index (Phi) is 4.58. The summed E-state index contributed by atoms with van der Waals surface area (Å²) in [6.07, 6.45) is 2.04.